The molecule has 4 rings (SSSR count). The second kappa shape index (κ2) is 9.61. The van der Waals surface area contributed by atoms with Gasteiger partial charge in [-0.2, -0.15) is 0 Å². The standard InChI is InChI=1S/C18H18BrClN4O4S2/c1-27-16-14(24-7-11(22-23-24)17-21-4-5-29-17)15(26)12(8-25)28-18(16)30-13-6-9(19)2-3-10(13)20/h2-7,12,14-16,18,25-26H,8H2,1H3/t12?,14-,15-,16?,18+/m0/s1. The molecule has 2 aromatic heterocycles. The van der Waals surface area contributed by atoms with E-state index in [1.165, 1.54) is 23.1 Å². The predicted octanol–water partition coefficient (Wildman–Crippen LogP) is 3.24. The molecule has 1 aliphatic heterocycles. The molecule has 12 heteroatoms. The van der Waals surface area contributed by atoms with Crippen LogP contribution in [0.15, 0.2) is 45.3 Å². The minimum Gasteiger partial charge on any atom is -0.394 e. The molecular weight excluding hydrogens is 516 g/mol. The van der Waals surface area contributed by atoms with E-state index in [9.17, 15) is 10.2 Å². The van der Waals surface area contributed by atoms with Crippen LogP contribution in [0.2, 0.25) is 5.02 Å². The Morgan fingerprint density at radius 3 is 2.97 bits per heavy atom. The monoisotopic (exact) mass is 532 g/mol. The smallest absolute Gasteiger partial charge is 0.145 e. The number of methoxy groups -OCH3 is 1. The third-order valence-corrected chi connectivity index (χ3v) is 7.63. The molecule has 2 N–H and O–H groups in total. The van der Waals surface area contributed by atoms with Gasteiger partial charge in [-0.15, -0.1) is 16.4 Å². The number of rotatable bonds is 6. The van der Waals surface area contributed by atoms with Gasteiger partial charge in [0.1, 0.15) is 40.5 Å². The number of aliphatic hydroxyl groups is 2. The molecule has 160 valence electrons. The van der Waals surface area contributed by atoms with Crippen LogP contribution in [0.25, 0.3) is 10.7 Å². The minimum absolute atomic E-state index is 0.356. The molecule has 2 unspecified atom stereocenters. The first-order chi connectivity index (χ1) is 14.5. The Morgan fingerprint density at radius 2 is 2.27 bits per heavy atom. The molecular formula is C18H18BrClN4O4S2. The van der Waals surface area contributed by atoms with Gasteiger partial charge < -0.3 is 19.7 Å². The number of benzene rings is 1. The second-order valence-electron chi connectivity index (χ2n) is 6.52. The lowest BCUT2D eigenvalue weighted by atomic mass is 9.97. The highest BCUT2D eigenvalue weighted by atomic mass is 79.9. The van der Waals surface area contributed by atoms with Crippen molar-refractivity contribution in [2.24, 2.45) is 0 Å². The maximum Gasteiger partial charge on any atom is 0.145 e. The summed E-state index contributed by atoms with van der Waals surface area (Å²) in [7, 11) is 1.54. The van der Waals surface area contributed by atoms with Gasteiger partial charge >= 0.3 is 0 Å². The number of aliphatic hydroxyl groups excluding tert-OH is 2. The van der Waals surface area contributed by atoms with Crippen LogP contribution in [0.4, 0.5) is 0 Å². The highest BCUT2D eigenvalue weighted by Crippen LogP contribution is 2.42. The number of ether oxygens (including phenoxy) is 2. The fourth-order valence-electron chi connectivity index (χ4n) is 3.27. The summed E-state index contributed by atoms with van der Waals surface area (Å²) in [6.45, 7) is -0.356. The molecule has 0 amide bonds. The fourth-order valence-corrected chi connectivity index (χ4v) is 5.85. The Hall–Kier alpha value is -1.05. The van der Waals surface area contributed by atoms with Crippen molar-refractivity contribution in [1.82, 2.24) is 20.0 Å². The number of aromatic nitrogens is 4. The Balaban J connectivity index is 1.66. The van der Waals surface area contributed by atoms with E-state index in [1.807, 2.05) is 17.5 Å². The Kier molecular flexibility index (Phi) is 7.10. The van der Waals surface area contributed by atoms with Crippen LogP contribution in [0.1, 0.15) is 6.04 Å². The van der Waals surface area contributed by atoms with Crippen LogP contribution in [0, 0.1) is 0 Å². The largest absolute Gasteiger partial charge is 0.394 e. The zero-order chi connectivity index (χ0) is 21.3. The van der Waals surface area contributed by atoms with E-state index in [2.05, 4.69) is 31.2 Å². The van der Waals surface area contributed by atoms with E-state index in [4.69, 9.17) is 21.1 Å². The molecule has 1 aliphatic rings. The number of thiazole rings is 1. The summed E-state index contributed by atoms with van der Waals surface area (Å²) in [4.78, 5) is 5.03. The van der Waals surface area contributed by atoms with Gasteiger partial charge in [0.2, 0.25) is 0 Å². The van der Waals surface area contributed by atoms with Crippen LogP contribution >= 0.6 is 50.6 Å². The molecule has 3 aromatic rings. The van der Waals surface area contributed by atoms with Gasteiger partial charge in [-0.05, 0) is 18.2 Å². The highest BCUT2D eigenvalue weighted by molar-refractivity contribution is 9.10. The average Bonchev–Trinajstić information content (AvgIpc) is 3.43. The molecule has 0 saturated carbocycles. The lowest BCUT2D eigenvalue weighted by Gasteiger charge is -2.43. The molecule has 0 spiro atoms. The summed E-state index contributed by atoms with van der Waals surface area (Å²) in [5.74, 6) is 0. The Morgan fingerprint density at radius 1 is 1.43 bits per heavy atom. The third kappa shape index (κ3) is 4.44. The summed E-state index contributed by atoms with van der Waals surface area (Å²) >= 11 is 12.6. The van der Waals surface area contributed by atoms with Gasteiger partial charge in [0.25, 0.3) is 0 Å². The molecule has 0 aliphatic carbocycles. The van der Waals surface area contributed by atoms with Crippen molar-refractivity contribution in [3.63, 3.8) is 0 Å². The zero-order valence-electron chi connectivity index (χ0n) is 15.6. The number of halogens is 2. The first-order valence-electron chi connectivity index (χ1n) is 8.92. The molecule has 30 heavy (non-hydrogen) atoms. The lowest BCUT2D eigenvalue weighted by Crippen LogP contribution is -2.55. The van der Waals surface area contributed by atoms with E-state index < -0.39 is 29.8 Å². The van der Waals surface area contributed by atoms with Gasteiger partial charge in [-0.3, -0.25) is 0 Å². The zero-order valence-corrected chi connectivity index (χ0v) is 19.6. The van der Waals surface area contributed by atoms with Crippen LogP contribution in [0.3, 0.4) is 0 Å². The Bertz CT molecular complexity index is 992. The SMILES string of the molecule is COC1[C@@H](Sc2cc(Br)ccc2Cl)OC(CO)[C@H](O)[C@@H]1n1cc(-c2nccs2)nn1. The Labute approximate surface area is 194 Å². The summed E-state index contributed by atoms with van der Waals surface area (Å²) in [6, 6.07) is 4.88. The van der Waals surface area contributed by atoms with Crippen molar-refractivity contribution in [3.05, 3.63) is 45.5 Å². The minimum atomic E-state index is -1.05. The first kappa shape index (κ1) is 22.2. The summed E-state index contributed by atoms with van der Waals surface area (Å²) in [5.41, 5.74) is 0.0400. The van der Waals surface area contributed by atoms with Crippen LogP contribution in [-0.4, -0.2) is 67.7 Å². The summed E-state index contributed by atoms with van der Waals surface area (Å²) < 4.78 is 14.1. The van der Waals surface area contributed by atoms with Gasteiger partial charge in [-0.1, -0.05) is 44.5 Å². The van der Waals surface area contributed by atoms with Crippen LogP contribution in [-0.2, 0) is 9.47 Å². The molecule has 8 nitrogen and oxygen atoms in total. The molecule has 0 bridgehead atoms. The predicted molar refractivity (Wildman–Crippen MR) is 118 cm³/mol. The maximum atomic E-state index is 10.9. The molecule has 3 heterocycles. The number of hydrogen-bond acceptors (Lipinski definition) is 9. The normalized spacial score (nSPS) is 26.8. The highest BCUT2D eigenvalue weighted by Gasteiger charge is 2.47. The quantitative estimate of drug-likeness (QED) is 0.498. The van der Waals surface area contributed by atoms with E-state index in [0.717, 1.165) is 14.4 Å². The van der Waals surface area contributed by atoms with Gasteiger partial charge in [0, 0.05) is 28.1 Å². The molecule has 1 aromatic carbocycles. The van der Waals surface area contributed by atoms with Crippen molar-refractivity contribution in [2.75, 3.05) is 13.7 Å². The number of hydrogen-bond donors (Lipinski definition) is 2. The van der Waals surface area contributed by atoms with Crippen molar-refractivity contribution < 1.29 is 19.7 Å². The topological polar surface area (TPSA) is 103 Å². The molecule has 1 fully saturated rings. The van der Waals surface area contributed by atoms with Gasteiger partial charge in [0.15, 0.2) is 0 Å². The van der Waals surface area contributed by atoms with Crippen molar-refractivity contribution >= 4 is 50.6 Å². The number of thioether (sulfide) groups is 1. The first-order valence-corrected chi connectivity index (χ1v) is 11.9. The van der Waals surface area contributed by atoms with E-state index in [0.29, 0.717) is 10.7 Å². The molecule has 5 atom stereocenters. The summed E-state index contributed by atoms with van der Waals surface area (Å²) in [5, 5.41) is 32.2. The van der Waals surface area contributed by atoms with Crippen LogP contribution in [0.5, 0.6) is 0 Å². The van der Waals surface area contributed by atoms with Gasteiger partial charge in [-0.25, -0.2) is 9.67 Å². The van der Waals surface area contributed by atoms with Crippen molar-refractivity contribution in [1.29, 1.82) is 0 Å². The maximum absolute atomic E-state index is 10.9. The third-order valence-electron chi connectivity index (χ3n) is 4.70. The van der Waals surface area contributed by atoms with Crippen molar-refractivity contribution in [3.8, 4) is 10.7 Å². The fraction of sp³-hybridized carbons (Fsp3) is 0.389. The summed E-state index contributed by atoms with van der Waals surface area (Å²) in [6.07, 6.45) is 0.939. The van der Waals surface area contributed by atoms with E-state index in [1.54, 1.807) is 30.3 Å². The van der Waals surface area contributed by atoms with Crippen molar-refractivity contribution in [2.45, 2.75) is 34.7 Å². The average molecular weight is 534 g/mol. The lowest BCUT2D eigenvalue weighted by molar-refractivity contribution is -0.186. The number of nitrogens with zero attached hydrogens (tertiary/aromatic N) is 4. The molecule has 1 saturated heterocycles. The van der Waals surface area contributed by atoms with Crippen LogP contribution < -0.4 is 0 Å². The van der Waals surface area contributed by atoms with E-state index >= 15 is 0 Å². The van der Waals surface area contributed by atoms with Gasteiger partial charge in [0.05, 0.1) is 17.8 Å². The molecule has 0 radical (unpaired) electrons. The second-order valence-corrected chi connectivity index (χ2v) is 9.88. The van der Waals surface area contributed by atoms with E-state index in [-0.39, 0.29) is 6.61 Å².